The second kappa shape index (κ2) is 7.22. The first-order valence-corrected chi connectivity index (χ1v) is 7.72. The van der Waals surface area contributed by atoms with Crippen molar-refractivity contribution in [3.8, 4) is 0 Å². The number of nitrogens with zero attached hydrogens (tertiary/aromatic N) is 3. The fraction of sp³-hybridized carbons (Fsp3) is 0.500. The first-order chi connectivity index (χ1) is 10.4. The Morgan fingerprint density at radius 2 is 1.90 bits per heavy atom. The molecule has 1 aromatic heterocycles. The van der Waals surface area contributed by atoms with Gasteiger partial charge in [-0.15, -0.1) is 0 Å². The zero-order valence-electron chi connectivity index (χ0n) is 12.3. The molecule has 21 heavy (non-hydrogen) atoms. The van der Waals surface area contributed by atoms with Crippen molar-refractivity contribution in [2.24, 2.45) is 0 Å². The van der Waals surface area contributed by atoms with Crippen LogP contribution in [0.1, 0.15) is 30.7 Å². The minimum Gasteiger partial charge on any atom is -0.372 e. The number of rotatable bonds is 6. The molecule has 1 aliphatic heterocycles. The first kappa shape index (κ1) is 14.1. The van der Waals surface area contributed by atoms with E-state index in [1.807, 2.05) is 0 Å². The molecule has 0 radical (unpaired) electrons. The van der Waals surface area contributed by atoms with E-state index in [9.17, 15) is 0 Å². The Morgan fingerprint density at radius 3 is 2.62 bits per heavy atom. The number of hydrogen-bond acceptors (Lipinski definition) is 5. The normalized spacial score (nSPS) is 15.3. The molecule has 5 nitrogen and oxygen atoms in total. The minimum atomic E-state index is 0.753. The topological polar surface area (TPSA) is 54.2 Å². The number of piperidine rings is 1. The largest absolute Gasteiger partial charge is 0.372 e. The van der Waals surface area contributed by atoms with Crippen LogP contribution in [0, 0.1) is 0 Å². The molecule has 2 aromatic rings. The first-order valence-electron chi connectivity index (χ1n) is 7.72. The lowest BCUT2D eigenvalue weighted by Gasteiger charge is -2.28. The molecule has 3 rings (SSSR count). The highest BCUT2D eigenvalue weighted by molar-refractivity contribution is 5.47. The van der Waals surface area contributed by atoms with Gasteiger partial charge in [-0.2, -0.15) is 4.98 Å². The van der Waals surface area contributed by atoms with Gasteiger partial charge in [0.1, 0.15) is 0 Å². The van der Waals surface area contributed by atoms with Gasteiger partial charge >= 0.3 is 0 Å². The standard InChI is InChI=1S/C16H22N4O/c1-2-10-20(11-3-1)15-6-4-14(5-7-15)12-17-9-8-16-18-13-21-19-16/h4-7,13,17H,1-3,8-12H2. The zero-order chi connectivity index (χ0) is 14.3. The van der Waals surface area contributed by atoms with Gasteiger partial charge in [-0.25, -0.2) is 0 Å². The van der Waals surface area contributed by atoms with E-state index >= 15 is 0 Å². The number of hydrogen-bond donors (Lipinski definition) is 1. The van der Waals surface area contributed by atoms with E-state index in [0.29, 0.717) is 0 Å². The van der Waals surface area contributed by atoms with E-state index < -0.39 is 0 Å². The Bertz CT molecular complexity index is 518. The maximum Gasteiger partial charge on any atom is 0.213 e. The maximum atomic E-state index is 4.71. The van der Waals surface area contributed by atoms with Crippen molar-refractivity contribution in [2.75, 3.05) is 24.5 Å². The Kier molecular flexibility index (Phi) is 4.84. The summed E-state index contributed by atoms with van der Waals surface area (Å²) in [5.41, 5.74) is 2.66. The number of aromatic nitrogens is 2. The van der Waals surface area contributed by atoms with E-state index in [1.165, 1.54) is 50.0 Å². The highest BCUT2D eigenvalue weighted by atomic mass is 16.5. The van der Waals surface area contributed by atoms with E-state index in [0.717, 1.165) is 25.3 Å². The summed E-state index contributed by atoms with van der Waals surface area (Å²) in [6.45, 7) is 4.12. The van der Waals surface area contributed by atoms with E-state index in [1.54, 1.807) is 0 Å². The Balaban J connectivity index is 1.43. The third-order valence-electron chi connectivity index (χ3n) is 3.92. The molecule has 0 saturated carbocycles. The highest BCUT2D eigenvalue weighted by Gasteiger charge is 2.10. The Morgan fingerprint density at radius 1 is 1.10 bits per heavy atom. The van der Waals surface area contributed by atoms with Crippen molar-refractivity contribution in [3.05, 3.63) is 42.0 Å². The lowest BCUT2D eigenvalue weighted by Crippen LogP contribution is -2.29. The van der Waals surface area contributed by atoms with Crippen molar-refractivity contribution < 1.29 is 4.52 Å². The van der Waals surface area contributed by atoms with Crippen LogP contribution in [0.25, 0.3) is 0 Å². The molecule has 5 heteroatoms. The van der Waals surface area contributed by atoms with Crippen LogP contribution in [0.2, 0.25) is 0 Å². The average molecular weight is 286 g/mol. The van der Waals surface area contributed by atoms with Crippen LogP contribution in [0.4, 0.5) is 5.69 Å². The molecule has 0 bridgehead atoms. The highest BCUT2D eigenvalue weighted by Crippen LogP contribution is 2.20. The molecular formula is C16H22N4O. The summed E-state index contributed by atoms with van der Waals surface area (Å²) in [7, 11) is 0. The smallest absolute Gasteiger partial charge is 0.213 e. The summed E-state index contributed by atoms with van der Waals surface area (Å²) < 4.78 is 4.71. The molecule has 1 aromatic carbocycles. The molecular weight excluding hydrogens is 264 g/mol. The fourth-order valence-electron chi connectivity index (χ4n) is 2.71. The Labute approximate surface area is 125 Å². The van der Waals surface area contributed by atoms with Crippen LogP contribution in [0.5, 0.6) is 0 Å². The fourth-order valence-corrected chi connectivity index (χ4v) is 2.71. The number of anilines is 1. The summed E-state index contributed by atoms with van der Waals surface area (Å²) in [4.78, 5) is 6.48. The third kappa shape index (κ3) is 4.04. The summed E-state index contributed by atoms with van der Waals surface area (Å²) in [6, 6.07) is 8.90. The molecule has 0 spiro atoms. The summed E-state index contributed by atoms with van der Waals surface area (Å²) in [6.07, 6.45) is 6.18. The van der Waals surface area contributed by atoms with Crippen molar-refractivity contribution in [3.63, 3.8) is 0 Å². The molecule has 0 aliphatic carbocycles. The summed E-state index contributed by atoms with van der Waals surface area (Å²) in [5, 5.41) is 7.20. The Hall–Kier alpha value is -1.88. The lowest BCUT2D eigenvalue weighted by atomic mass is 10.1. The maximum absolute atomic E-state index is 4.71. The predicted molar refractivity (Wildman–Crippen MR) is 82.2 cm³/mol. The SMILES string of the molecule is c1nc(CCNCc2ccc(N3CCCCC3)cc2)no1. The molecule has 1 fully saturated rings. The van der Waals surface area contributed by atoms with Gasteiger partial charge in [-0.3, -0.25) is 0 Å². The second-order valence-corrected chi connectivity index (χ2v) is 5.49. The quantitative estimate of drug-likeness (QED) is 0.826. The van der Waals surface area contributed by atoms with Crippen LogP contribution in [0.3, 0.4) is 0 Å². The van der Waals surface area contributed by atoms with Gasteiger partial charge in [-0.1, -0.05) is 17.3 Å². The average Bonchev–Trinajstić information content (AvgIpc) is 3.06. The van der Waals surface area contributed by atoms with E-state index in [-0.39, 0.29) is 0 Å². The number of benzene rings is 1. The van der Waals surface area contributed by atoms with Gasteiger partial charge in [0, 0.05) is 38.3 Å². The summed E-state index contributed by atoms with van der Waals surface area (Å²) >= 11 is 0. The molecule has 1 saturated heterocycles. The zero-order valence-corrected chi connectivity index (χ0v) is 12.3. The van der Waals surface area contributed by atoms with Crippen LogP contribution in [-0.2, 0) is 13.0 Å². The van der Waals surface area contributed by atoms with Crippen molar-refractivity contribution in [1.82, 2.24) is 15.5 Å². The lowest BCUT2D eigenvalue weighted by molar-refractivity contribution is 0.409. The van der Waals surface area contributed by atoms with Crippen molar-refractivity contribution in [2.45, 2.75) is 32.2 Å². The third-order valence-corrected chi connectivity index (χ3v) is 3.92. The molecule has 0 atom stereocenters. The molecule has 2 heterocycles. The van der Waals surface area contributed by atoms with Gasteiger partial charge in [0.2, 0.25) is 6.39 Å². The van der Waals surface area contributed by atoms with Crippen LogP contribution in [-0.4, -0.2) is 29.8 Å². The molecule has 1 N–H and O–H groups in total. The molecule has 0 unspecified atom stereocenters. The molecule has 0 amide bonds. The summed E-state index contributed by atoms with van der Waals surface area (Å²) in [5.74, 6) is 0.753. The van der Waals surface area contributed by atoms with Crippen molar-refractivity contribution >= 4 is 5.69 Å². The predicted octanol–water partition coefficient (Wildman–Crippen LogP) is 2.39. The van der Waals surface area contributed by atoms with Crippen molar-refractivity contribution in [1.29, 1.82) is 0 Å². The monoisotopic (exact) mass is 286 g/mol. The minimum absolute atomic E-state index is 0.753. The van der Waals surface area contributed by atoms with Crippen LogP contribution < -0.4 is 10.2 Å². The van der Waals surface area contributed by atoms with Gasteiger partial charge in [-0.05, 0) is 37.0 Å². The van der Waals surface area contributed by atoms with E-state index in [2.05, 4.69) is 44.6 Å². The van der Waals surface area contributed by atoms with Gasteiger partial charge in [0.05, 0.1) is 0 Å². The number of nitrogens with one attached hydrogen (secondary N) is 1. The van der Waals surface area contributed by atoms with E-state index in [4.69, 9.17) is 4.52 Å². The van der Waals surface area contributed by atoms with Gasteiger partial charge in [0.25, 0.3) is 0 Å². The van der Waals surface area contributed by atoms with Crippen LogP contribution in [0.15, 0.2) is 35.2 Å². The van der Waals surface area contributed by atoms with Gasteiger partial charge in [0.15, 0.2) is 5.82 Å². The van der Waals surface area contributed by atoms with Crippen LogP contribution >= 0.6 is 0 Å². The van der Waals surface area contributed by atoms with Gasteiger partial charge < -0.3 is 14.7 Å². The molecule has 1 aliphatic rings. The molecule has 112 valence electrons. The second-order valence-electron chi connectivity index (χ2n) is 5.49.